The van der Waals surface area contributed by atoms with Gasteiger partial charge in [-0.25, -0.2) is 0 Å². The Labute approximate surface area is 95.0 Å². The maximum absolute atomic E-state index is 11.1. The lowest BCUT2D eigenvalue weighted by Crippen LogP contribution is -2.27. The fourth-order valence-electron chi connectivity index (χ4n) is 0.901. The molecule has 0 aliphatic heterocycles. The first-order chi connectivity index (χ1) is 6.83. The van der Waals surface area contributed by atoms with E-state index in [0.717, 1.165) is 5.56 Å². The maximum atomic E-state index is 11.1. The number of halogens is 1. The highest BCUT2D eigenvalue weighted by Gasteiger charge is 1.92. The Kier molecular flexibility index (Phi) is 7.23. The van der Waals surface area contributed by atoms with Crippen LogP contribution in [0.4, 0.5) is 0 Å². The van der Waals surface area contributed by atoms with Gasteiger partial charge in [-0.15, -0.1) is 12.4 Å². The van der Waals surface area contributed by atoms with Crippen LogP contribution in [0.5, 0.6) is 0 Å². The van der Waals surface area contributed by atoms with Crippen LogP contribution < -0.4 is 11.1 Å². The number of hydrogen-bond donors (Lipinski definition) is 2. The van der Waals surface area contributed by atoms with Crippen LogP contribution in [0.2, 0.25) is 0 Å². The van der Waals surface area contributed by atoms with Crippen molar-refractivity contribution in [1.82, 2.24) is 10.3 Å². The summed E-state index contributed by atoms with van der Waals surface area (Å²) >= 11 is 0. The Hall–Kier alpha value is -1.39. The quantitative estimate of drug-likeness (QED) is 0.740. The monoisotopic (exact) mass is 227 g/mol. The molecule has 0 atom stereocenters. The van der Waals surface area contributed by atoms with Crippen molar-refractivity contribution in [2.75, 3.05) is 13.1 Å². The van der Waals surface area contributed by atoms with E-state index in [1.165, 1.54) is 6.08 Å². The first kappa shape index (κ1) is 13.6. The number of nitrogens with zero attached hydrogens (tertiary/aromatic N) is 1. The third-order valence-corrected chi connectivity index (χ3v) is 1.56. The van der Waals surface area contributed by atoms with E-state index in [-0.39, 0.29) is 18.3 Å². The number of pyridine rings is 1. The van der Waals surface area contributed by atoms with E-state index in [1.54, 1.807) is 18.5 Å². The molecule has 0 fully saturated rings. The molecule has 1 rings (SSSR count). The van der Waals surface area contributed by atoms with Crippen LogP contribution >= 0.6 is 12.4 Å². The Bertz CT molecular complexity index is 314. The van der Waals surface area contributed by atoms with Crippen LogP contribution in [0.3, 0.4) is 0 Å². The standard InChI is InChI=1S/C10H13N3O.ClH/c11-5-7-13-10(14)4-3-9-2-1-6-12-8-9;/h1-4,6,8H,5,7,11H2,(H,13,14);1H/b4-3+;. The van der Waals surface area contributed by atoms with Crippen molar-refractivity contribution in [3.8, 4) is 0 Å². The topological polar surface area (TPSA) is 68.0 Å². The Balaban J connectivity index is 0.00000196. The van der Waals surface area contributed by atoms with Gasteiger partial charge in [0.2, 0.25) is 5.91 Å². The molecule has 3 N–H and O–H groups in total. The summed E-state index contributed by atoms with van der Waals surface area (Å²) in [5.41, 5.74) is 6.13. The second-order valence-corrected chi connectivity index (χ2v) is 2.70. The van der Waals surface area contributed by atoms with Gasteiger partial charge in [-0.2, -0.15) is 0 Å². The number of hydrogen-bond acceptors (Lipinski definition) is 3. The second-order valence-electron chi connectivity index (χ2n) is 2.70. The zero-order chi connectivity index (χ0) is 10.2. The zero-order valence-corrected chi connectivity index (χ0v) is 9.04. The molecule has 0 bridgehead atoms. The molecule has 0 radical (unpaired) electrons. The van der Waals surface area contributed by atoms with Gasteiger partial charge in [0.25, 0.3) is 0 Å². The van der Waals surface area contributed by atoms with E-state index in [1.807, 2.05) is 12.1 Å². The van der Waals surface area contributed by atoms with Crippen molar-refractivity contribution in [2.45, 2.75) is 0 Å². The first-order valence-corrected chi connectivity index (χ1v) is 4.39. The third kappa shape index (κ3) is 5.83. The number of aromatic nitrogens is 1. The van der Waals surface area contributed by atoms with Crippen LogP contribution in [0.15, 0.2) is 30.6 Å². The van der Waals surface area contributed by atoms with E-state index >= 15 is 0 Å². The average Bonchev–Trinajstić information content (AvgIpc) is 2.25. The molecule has 82 valence electrons. The number of rotatable bonds is 4. The van der Waals surface area contributed by atoms with Gasteiger partial charge in [-0.1, -0.05) is 6.07 Å². The zero-order valence-electron chi connectivity index (χ0n) is 8.22. The van der Waals surface area contributed by atoms with E-state index < -0.39 is 0 Å². The van der Waals surface area contributed by atoms with Gasteiger partial charge < -0.3 is 11.1 Å². The second kappa shape index (κ2) is 7.96. The molecule has 15 heavy (non-hydrogen) atoms. The highest BCUT2D eigenvalue weighted by molar-refractivity contribution is 5.91. The minimum Gasteiger partial charge on any atom is -0.351 e. The van der Waals surface area contributed by atoms with Gasteiger partial charge in [-0.05, 0) is 17.7 Å². The van der Waals surface area contributed by atoms with Crippen molar-refractivity contribution in [2.24, 2.45) is 5.73 Å². The fraction of sp³-hybridized carbons (Fsp3) is 0.200. The van der Waals surface area contributed by atoms with E-state index in [2.05, 4.69) is 10.3 Å². The number of amides is 1. The van der Waals surface area contributed by atoms with Crippen molar-refractivity contribution >= 4 is 24.4 Å². The Morgan fingerprint density at radius 3 is 3.00 bits per heavy atom. The van der Waals surface area contributed by atoms with Crippen LogP contribution in [-0.4, -0.2) is 24.0 Å². The van der Waals surface area contributed by atoms with Crippen molar-refractivity contribution in [1.29, 1.82) is 0 Å². The van der Waals surface area contributed by atoms with Crippen LogP contribution in [0.25, 0.3) is 6.08 Å². The van der Waals surface area contributed by atoms with Gasteiger partial charge in [0.1, 0.15) is 0 Å². The van der Waals surface area contributed by atoms with Gasteiger partial charge in [-0.3, -0.25) is 9.78 Å². The number of nitrogens with two attached hydrogens (primary N) is 1. The molecule has 5 heteroatoms. The van der Waals surface area contributed by atoms with Crippen LogP contribution in [0, 0.1) is 0 Å². The lowest BCUT2D eigenvalue weighted by atomic mass is 10.2. The highest BCUT2D eigenvalue weighted by Crippen LogP contribution is 1.97. The molecule has 0 spiro atoms. The third-order valence-electron chi connectivity index (χ3n) is 1.56. The largest absolute Gasteiger partial charge is 0.351 e. The molecule has 0 saturated carbocycles. The molecule has 0 aliphatic carbocycles. The summed E-state index contributed by atoms with van der Waals surface area (Å²) in [6, 6.07) is 3.69. The smallest absolute Gasteiger partial charge is 0.244 e. The molecule has 4 nitrogen and oxygen atoms in total. The molecule has 0 aliphatic rings. The van der Waals surface area contributed by atoms with Crippen molar-refractivity contribution in [3.63, 3.8) is 0 Å². The number of carbonyl (C=O) groups is 1. The molecular formula is C10H14ClN3O. The van der Waals surface area contributed by atoms with E-state index in [0.29, 0.717) is 13.1 Å². The SMILES string of the molecule is Cl.NCCNC(=O)/C=C/c1cccnc1. The summed E-state index contributed by atoms with van der Waals surface area (Å²) < 4.78 is 0. The number of carbonyl (C=O) groups excluding carboxylic acids is 1. The van der Waals surface area contributed by atoms with Crippen LogP contribution in [0.1, 0.15) is 5.56 Å². The Morgan fingerprint density at radius 1 is 1.60 bits per heavy atom. The highest BCUT2D eigenvalue weighted by atomic mass is 35.5. The molecule has 1 aromatic rings. The van der Waals surface area contributed by atoms with Gasteiger partial charge >= 0.3 is 0 Å². The minimum absolute atomic E-state index is 0. The van der Waals surface area contributed by atoms with E-state index in [4.69, 9.17) is 5.73 Å². The normalized spacial score (nSPS) is 9.67. The molecule has 1 heterocycles. The summed E-state index contributed by atoms with van der Waals surface area (Å²) in [5, 5.41) is 2.63. The first-order valence-electron chi connectivity index (χ1n) is 4.39. The minimum atomic E-state index is -0.140. The molecule has 0 saturated heterocycles. The molecule has 1 aromatic heterocycles. The van der Waals surface area contributed by atoms with Crippen molar-refractivity contribution < 1.29 is 4.79 Å². The summed E-state index contributed by atoms with van der Waals surface area (Å²) in [5.74, 6) is -0.140. The molecule has 1 amide bonds. The molecule has 0 aromatic carbocycles. The average molecular weight is 228 g/mol. The van der Waals surface area contributed by atoms with E-state index in [9.17, 15) is 4.79 Å². The predicted molar refractivity (Wildman–Crippen MR) is 62.6 cm³/mol. The lowest BCUT2D eigenvalue weighted by molar-refractivity contribution is -0.116. The van der Waals surface area contributed by atoms with Gasteiger partial charge in [0.05, 0.1) is 0 Å². The number of nitrogens with one attached hydrogen (secondary N) is 1. The van der Waals surface area contributed by atoms with Gasteiger partial charge in [0.15, 0.2) is 0 Å². The molecular weight excluding hydrogens is 214 g/mol. The Morgan fingerprint density at radius 2 is 2.40 bits per heavy atom. The lowest BCUT2D eigenvalue weighted by Gasteiger charge is -1.97. The molecule has 0 unspecified atom stereocenters. The fourth-order valence-corrected chi connectivity index (χ4v) is 0.901. The predicted octanol–water partition coefficient (Wildman–Crippen LogP) is 0.591. The van der Waals surface area contributed by atoms with Crippen LogP contribution in [-0.2, 0) is 4.79 Å². The summed E-state index contributed by atoms with van der Waals surface area (Å²) in [6.07, 6.45) is 6.55. The van der Waals surface area contributed by atoms with Gasteiger partial charge in [0, 0.05) is 31.6 Å². The summed E-state index contributed by atoms with van der Waals surface area (Å²) in [4.78, 5) is 15.0. The maximum Gasteiger partial charge on any atom is 0.244 e. The summed E-state index contributed by atoms with van der Waals surface area (Å²) in [6.45, 7) is 0.947. The van der Waals surface area contributed by atoms with Crippen molar-refractivity contribution in [3.05, 3.63) is 36.2 Å². The summed E-state index contributed by atoms with van der Waals surface area (Å²) in [7, 11) is 0.